The number of nitrogens with one attached hydrogen (secondary N) is 1. The molecule has 1 spiro atoms. The molecule has 2 heterocycles. The fourth-order valence-corrected chi connectivity index (χ4v) is 3.28. The lowest BCUT2D eigenvalue weighted by Gasteiger charge is -2.30. The Morgan fingerprint density at radius 2 is 1.96 bits per heavy atom. The maximum Gasteiger partial charge on any atom is 0.433 e. The first-order valence-corrected chi connectivity index (χ1v) is 7.53. The molecule has 1 aliphatic carbocycles. The van der Waals surface area contributed by atoms with Crippen molar-refractivity contribution in [2.45, 2.75) is 25.4 Å². The van der Waals surface area contributed by atoms with Gasteiger partial charge in [-0.05, 0) is 36.8 Å². The number of rotatable bonds is 2. The Morgan fingerprint density at radius 3 is 2.46 bits per heavy atom. The molecule has 1 aliphatic heterocycles. The summed E-state index contributed by atoms with van der Waals surface area (Å²) in [5.41, 5.74) is -0.961. The molecule has 0 aromatic carbocycles. The number of carbonyl (C=O) groups excluding carboxylic acids is 1. The predicted molar refractivity (Wildman–Crippen MR) is 77.2 cm³/mol. The van der Waals surface area contributed by atoms with Crippen molar-refractivity contribution in [3.8, 4) is 0 Å². The Morgan fingerprint density at radius 1 is 1.29 bits per heavy atom. The van der Waals surface area contributed by atoms with E-state index in [2.05, 4.69) is 10.3 Å². The van der Waals surface area contributed by atoms with Crippen LogP contribution in [0, 0.1) is 11.3 Å². The van der Waals surface area contributed by atoms with Gasteiger partial charge in [0.1, 0.15) is 5.69 Å². The Hall–Kier alpha value is -2.32. The van der Waals surface area contributed by atoms with E-state index in [9.17, 15) is 22.8 Å². The summed E-state index contributed by atoms with van der Waals surface area (Å²) in [7, 11) is 0. The van der Waals surface area contributed by atoms with Crippen molar-refractivity contribution in [2.24, 2.45) is 11.3 Å². The highest BCUT2D eigenvalue weighted by molar-refractivity contribution is 5.95. The number of hydrogen-bond donors (Lipinski definition) is 2. The second-order valence-corrected chi connectivity index (χ2v) is 6.31. The van der Waals surface area contributed by atoms with Crippen LogP contribution in [0.4, 0.5) is 23.7 Å². The molecule has 1 saturated carbocycles. The molecule has 3 rings (SSSR count). The Balaban J connectivity index is 1.57. The molecule has 9 heteroatoms. The first-order valence-electron chi connectivity index (χ1n) is 7.53. The average Bonchev–Trinajstić information content (AvgIpc) is 3.21. The fraction of sp³-hybridized carbons (Fsp3) is 0.533. The lowest BCUT2D eigenvalue weighted by atomic mass is 9.91. The average molecular weight is 343 g/mol. The van der Waals surface area contributed by atoms with Crippen LogP contribution in [0.1, 0.15) is 25.0 Å². The zero-order valence-corrected chi connectivity index (χ0v) is 12.6. The van der Waals surface area contributed by atoms with Crippen molar-refractivity contribution in [3.05, 3.63) is 24.0 Å². The summed E-state index contributed by atoms with van der Waals surface area (Å²) in [6.07, 6.45) is -2.54. The van der Waals surface area contributed by atoms with Gasteiger partial charge in [0.2, 0.25) is 5.91 Å². The van der Waals surface area contributed by atoms with Crippen LogP contribution in [0.25, 0.3) is 0 Å². The molecule has 0 radical (unpaired) electrons. The van der Waals surface area contributed by atoms with Gasteiger partial charge in [0.25, 0.3) is 0 Å². The number of hydrogen-bond acceptors (Lipinski definition) is 3. The third kappa shape index (κ3) is 3.15. The standard InChI is InChI=1S/C15H16F3N3O3/c16-15(17,18)11-2-1-9(8-19-11)20-12(22)10-7-14(10)3-5-21(6-4-14)13(23)24/h1-2,8,10H,3-7H2,(H,20,22)(H,23,24)/t10-/m1/s1. The van der Waals surface area contributed by atoms with Crippen LogP contribution in [0.3, 0.4) is 0 Å². The molecule has 0 unspecified atom stereocenters. The minimum atomic E-state index is -4.51. The summed E-state index contributed by atoms with van der Waals surface area (Å²) >= 11 is 0. The molecule has 1 aromatic rings. The normalized spacial score (nSPS) is 22.3. The van der Waals surface area contributed by atoms with Crippen molar-refractivity contribution in [3.63, 3.8) is 0 Å². The molecule has 1 atom stereocenters. The van der Waals surface area contributed by atoms with Gasteiger partial charge in [-0.1, -0.05) is 0 Å². The van der Waals surface area contributed by atoms with E-state index in [4.69, 9.17) is 5.11 Å². The summed E-state index contributed by atoms with van der Waals surface area (Å²) in [4.78, 5) is 27.8. The number of nitrogens with zero attached hydrogens (tertiary/aromatic N) is 2. The minimum Gasteiger partial charge on any atom is -0.465 e. The topological polar surface area (TPSA) is 82.5 Å². The van der Waals surface area contributed by atoms with E-state index in [1.807, 2.05) is 0 Å². The summed E-state index contributed by atoms with van der Waals surface area (Å²) in [5.74, 6) is -0.476. The molecule has 1 aromatic heterocycles. The number of alkyl halides is 3. The zero-order chi connectivity index (χ0) is 17.5. The Bertz CT molecular complexity index is 652. The van der Waals surface area contributed by atoms with Gasteiger partial charge in [-0.15, -0.1) is 0 Å². The number of pyridine rings is 1. The highest BCUT2D eigenvalue weighted by Crippen LogP contribution is 2.59. The van der Waals surface area contributed by atoms with Crippen LogP contribution in [-0.2, 0) is 11.0 Å². The van der Waals surface area contributed by atoms with E-state index in [0.29, 0.717) is 32.4 Å². The monoisotopic (exact) mass is 343 g/mol. The predicted octanol–water partition coefficient (Wildman–Crippen LogP) is 2.82. The molecule has 24 heavy (non-hydrogen) atoms. The van der Waals surface area contributed by atoms with E-state index in [-0.39, 0.29) is 22.9 Å². The van der Waals surface area contributed by atoms with E-state index in [0.717, 1.165) is 12.3 Å². The number of aromatic nitrogens is 1. The summed E-state index contributed by atoms with van der Waals surface area (Å²) in [6.45, 7) is 0.807. The van der Waals surface area contributed by atoms with Gasteiger partial charge in [0, 0.05) is 19.0 Å². The molecule has 0 bridgehead atoms. The largest absolute Gasteiger partial charge is 0.465 e. The summed E-state index contributed by atoms with van der Waals surface area (Å²) in [6, 6.07) is 2.00. The van der Waals surface area contributed by atoms with Crippen LogP contribution >= 0.6 is 0 Å². The molecule has 130 valence electrons. The SMILES string of the molecule is O=C(Nc1ccc(C(F)(F)F)nc1)[C@H]1CC12CCN(C(=O)O)CC2. The van der Waals surface area contributed by atoms with Gasteiger partial charge in [-0.3, -0.25) is 4.79 Å². The molecule has 2 N–H and O–H groups in total. The third-order valence-corrected chi connectivity index (χ3v) is 4.86. The number of halogens is 3. The molecule has 1 saturated heterocycles. The fourth-order valence-electron chi connectivity index (χ4n) is 3.28. The van der Waals surface area contributed by atoms with Crippen molar-refractivity contribution >= 4 is 17.7 Å². The van der Waals surface area contributed by atoms with E-state index >= 15 is 0 Å². The smallest absolute Gasteiger partial charge is 0.433 e. The van der Waals surface area contributed by atoms with Crippen molar-refractivity contribution in [1.82, 2.24) is 9.88 Å². The number of carboxylic acid groups (broad SMARTS) is 1. The van der Waals surface area contributed by atoms with Gasteiger partial charge >= 0.3 is 12.3 Å². The van der Waals surface area contributed by atoms with Crippen molar-refractivity contribution in [1.29, 1.82) is 0 Å². The minimum absolute atomic E-state index is 0.171. The van der Waals surface area contributed by atoms with Crippen LogP contribution in [-0.4, -0.2) is 40.1 Å². The number of amides is 2. The van der Waals surface area contributed by atoms with Gasteiger partial charge in [-0.2, -0.15) is 13.2 Å². The van der Waals surface area contributed by atoms with Gasteiger partial charge in [0.15, 0.2) is 0 Å². The number of carbonyl (C=O) groups is 2. The van der Waals surface area contributed by atoms with E-state index in [1.54, 1.807) is 0 Å². The van der Waals surface area contributed by atoms with Gasteiger partial charge in [-0.25, -0.2) is 9.78 Å². The number of anilines is 1. The second-order valence-electron chi connectivity index (χ2n) is 6.31. The highest BCUT2D eigenvalue weighted by atomic mass is 19.4. The molecule has 2 aliphatic rings. The Labute approximate surface area is 135 Å². The van der Waals surface area contributed by atoms with Crippen molar-refractivity contribution in [2.75, 3.05) is 18.4 Å². The highest BCUT2D eigenvalue weighted by Gasteiger charge is 2.58. The van der Waals surface area contributed by atoms with Crippen LogP contribution in [0.2, 0.25) is 0 Å². The molecular formula is C15H16F3N3O3. The zero-order valence-electron chi connectivity index (χ0n) is 12.6. The molecule has 2 amide bonds. The van der Waals surface area contributed by atoms with E-state index < -0.39 is 18.0 Å². The van der Waals surface area contributed by atoms with Crippen LogP contribution in [0.5, 0.6) is 0 Å². The first-order chi connectivity index (χ1) is 11.2. The third-order valence-electron chi connectivity index (χ3n) is 4.86. The van der Waals surface area contributed by atoms with Crippen LogP contribution in [0.15, 0.2) is 18.3 Å². The number of piperidine rings is 1. The summed E-state index contributed by atoms with van der Waals surface area (Å²) in [5, 5.41) is 11.5. The van der Waals surface area contributed by atoms with Gasteiger partial charge in [0.05, 0.1) is 11.9 Å². The second kappa shape index (κ2) is 5.64. The number of likely N-dealkylation sites (tertiary alicyclic amines) is 1. The molecule has 6 nitrogen and oxygen atoms in total. The van der Waals surface area contributed by atoms with Crippen LogP contribution < -0.4 is 5.32 Å². The first kappa shape index (κ1) is 16.5. The summed E-state index contributed by atoms with van der Waals surface area (Å²) < 4.78 is 37.4. The molecule has 2 fully saturated rings. The quantitative estimate of drug-likeness (QED) is 0.865. The van der Waals surface area contributed by atoms with E-state index in [1.165, 1.54) is 11.0 Å². The van der Waals surface area contributed by atoms with Gasteiger partial charge < -0.3 is 15.3 Å². The maximum absolute atomic E-state index is 12.5. The molecular weight excluding hydrogens is 327 g/mol. The Kier molecular flexibility index (Phi) is 3.89. The van der Waals surface area contributed by atoms with Crippen molar-refractivity contribution < 1.29 is 27.9 Å². The lowest BCUT2D eigenvalue weighted by molar-refractivity contribution is -0.141. The lowest BCUT2D eigenvalue weighted by Crippen LogP contribution is -2.39. The maximum atomic E-state index is 12.5.